The maximum Gasteiger partial charge on any atom is 0.241 e. The van der Waals surface area contributed by atoms with E-state index < -0.39 is 0 Å². The average molecular weight is 276 g/mol. The van der Waals surface area contributed by atoms with Crippen LogP contribution in [0.4, 0.5) is 11.8 Å². The van der Waals surface area contributed by atoms with E-state index in [2.05, 4.69) is 42.7 Å². The van der Waals surface area contributed by atoms with Crippen LogP contribution in [-0.4, -0.2) is 51.2 Å². The van der Waals surface area contributed by atoms with Gasteiger partial charge in [-0.15, -0.1) is 0 Å². The number of hydrogen-bond acceptors (Lipinski definition) is 7. The van der Waals surface area contributed by atoms with Crippen LogP contribution in [0.25, 0.3) is 11.0 Å². The molecule has 3 heterocycles. The first-order chi connectivity index (χ1) is 9.80. The third-order valence-electron chi connectivity index (χ3n) is 3.81. The van der Waals surface area contributed by atoms with Crippen molar-refractivity contribution in [2.45, 2.75) is 13.3 Å². The number of hydrazine groups is 1. The van der Waals surface area contributed by atoms with Crippen LogP contribution in [0.1, 0.15) is 13.3 Å². The van der Waals surface area contributed by atoms with Crippen molar-refractivity contribution in [2.24, 2.45) is 11.8 Å². The van der Waals surface area contributed by atoms with Gasteiger partial charge in [0.05, 0.1) is 11.6 Å². The van der Waals surface area contributed by atoms with Crippen molar-refractivity contribution in [1.29, 1.82) is 0 Å². The number of aromatic nitrogens is 4. The van der Waals surface area contributed by atoms with Gasteiger partial charge in [0.25, 0.3) is 0 Å². The van der Waals surface area contributed by atoms with Crippen LogP contribution >= 0.6 is 0 Å². The van der Waals surface area contributed by atoms with E-state index in [1.807, 2.05) is 0 Å². The Bertz CT molecular complexity index is 580. The van der Waals surface area contributed by atoms with Crippen LogP contribution in [0.3, 0.4) is 0 Å². The number of fused-ring (bicyclic) bond motifs is 1. The Morgan fingerprint density at radius 1 is 1.50 bits per heavy atom. The minimum atomic E-state index is 0.380. The van der Waals surface area contributed by atoms with Gasteiger partial charge in [-0.3, -0.25) is 10.5 Å². The number of anilines is 2. The minimum absolute atomic E-state index is 0.380. The Labute approximate surface area is 117 Å². The molecule has 0 bridgehead atoms. The predicted molar refractivity (Wildman–Crippen MR) is 78.2 cm³/mol. The van der Waals surface area contributed by atoms with Gasteiger partial charge < -0.3 is 10.2 Å². The summed E-state index contributed by atoms with van der Waals surface area (Å²) in [5.74, 6) is 7.19. The van der Waals surface area contributed by atoms with E-state index in [0.29, 0.717) is 17.5 Å². The molecule has 20 heavy (non-hydrogen) atoms. The summed E-state index contributed by atoms with van der Waals surface area (Å²) in [7, 11) is 0. The number of rotatable bonds is 5. The van der Waals surface area contributed by atoms with Crippen molar-refractivity contribution in [3.8, 4) is 0 Å². The van der Waals surface area contributed by atoms with Gasteiger partial charge in [0, 0.05) is 13.1 Å². The second-order valence-electron chi connectivity index (χ2n) is 5.10. The number of nitrogens with two attached hydrogens (primary N) is 1. The van der Waals surface area contributed by atoms with Gasteiger partial charge >= 0.3 is 0 Å². The van der Waals surface area contributed by atoms with Crippen LogP contribution in [0, 0.1) is 5.92 Å². The third kappa shape index (κ3) is 2.52. The molecule has 0 radical (unpaired) electrons. The summed E-state index contributed by atoms with van der Waals surface area (Å²) in [5, 5.41) is 11.1. The lowest BCUT2D eigenvalue weighted by Crippen LogP contribution is -2.23. The van der Waals surface area contributed by atoms with E-state index in [1.165, 1.54) is 13.0 Å². The van der Waals surface area contributed by atoms with Crippen LogP contribution in [0.5, 0.6) is 0 Å². The molecule has 0 aliphatic carbocycles. The van der Waals surface area contributed by atoms with E-state index >= 15 is 0 Å². The molecule has 1 atom stereocenters. The largest absolute Gasteiger partial charge is 0.369 e. The first kappa shape index (κ1) is 13.1. The smallest absolute Gasteiger partial charge is 0.241 e. The molecule has 0 amide bonds. The van der Waals surface area contributed by atoms with E-state index in [9.17, 15) is 0 Å². The van der Waals surface area contributed by atoms with Gasteiger partial charge in [-0.2, -0.15) is 15.1 Å². The van der Waals surface area contributed by atoms with E-state index in [-0.39, 0.29) is 0 Å². The third-order valence-corrected chi connectivity index (χ3v) is 3.81. The number of nitrogen functional groups attached to an aromatic ring is 1. The number of H-pyrrole nitrogens is 1. The van der Waals surface area contributed by atoms with Crippen molar-refractivity contribution in [3.63, 3.8) is 0 Å². The molecule has 108 valence electrons. The normalized spacial score (nSPS) is 19.6. The molecule has 5 N–H and O–H groups in total. The molecule has 0 spiro atoms. The lowest BCUT2D eigenvalue weighted by molar-refractivity contribution is 0.345. The molecular weight excluding hydrogens is 256 g/mol. The van der Waals surface area contributed by atoms with Gasteiger partial charge in [-0.25, -0.2) is 5.84 Å². The fraction of sp³-hybridized carbons (Fsp3) is 0.583. The summed E-state index contributed by atoms with van der Waals surface area (Å²) < 4.78 is 0. The second-order valence-corrected chi connectivity index (χ2v) is 5.10. The highest BCUT2D eigenvalue weighted by atomic mass is 15.3. The van der Waals surface area contributed by atoms with Gasteiger partial charge in [-0.1, -0.05) is 6.92 Å². The van der Waals surface area contributed by atoms with Crippen molar-refractivity contribution in [1.82, 2.24) is 25.1 Å². The Kier molecular flexibility index (Phi) is 3.66. The van der Waals surface area contributed by atoms with Crippen LogP contribution in [0.2, 0.25) is 0 Å². The summed E-state index contributed by atoms with van der Waals surface area (Å²) >= 11 is 0. The Balaban J connectivity index is 1.72. The molecule has 0 saturated carbocycles. The predicted octanol–water partition coefficient (Wildman–Crippen LogP) is 0.392. The zero-order valence-corrected chi connectivity index (χ0v) is 11.6. The number of hydrogen-bond donors (Lipinski definition) is 4. The van der Waals surface area contributed by atoms with E-state index in [4.69, 9.17) is 5.84 Å². The first-order valence-corrected chi connectivity index (χ1v) is 6.94. The topological polar surface area (TPSA) is 108 Å². The van der Waals surface area contributed by atoms with Crippen molar-refractivity contribution in [2.75, 3.05) is 36.9 Å². The minimum Gasteiger partial charge on any atom is -0.369 e. The van der Waals surface area contributed by atoms with Crippen LogP contribution in [-0.2, 0) is 0 Å². The number of likely N-dealkylation sites (tertiary alicyclic amines) is 1. The van der Waals surface area contributed by atoms with Crippen molar-refractivity contribution < 1.29 is 0 Å². The average Bonchev–Trinajstić information content (AvgIpc) is 3.12. The molecule has 1 unspecified atom stereocenters. The maximum atomic E-state index is 5.39. The highest BCUT2D eigenvalue weighted by molar-refractivity contribution is 5.86. The Morgan fingerprint density at radius 3 is 3.15 bits per heavy atom. The molecule has 0 aromatic carbocycles. The number of aromatic amines is 1. The molecule has 3 rings (SSSR count). The summed E-state index contributed by atoms with van der Waals surface area (Å²) in [6.07, 6.45) is 2.95. The standard InChI is InChI=1S/C12H20N8/c1-2-20-4-3-8(7-20)5-14-10-9-6-15-19-11(9)17-12(16-10)18-13/h6,8H,2-5,7,13H2,1H3,(H3,14,15,16,17,18,19). The molecule has 2 aromatic rings. The SMILES string of the molecule is CCN1CCC(CNc2nc(NN)nc3[nH]ncc23)C1. The summed E-state index contributed by atoms with van der Waals surface area (Å²) in [6.45, 7) is 6.55. The fourth-order valence-electron chi connectivity index (χ4n) is 2.64. The molecule has 1 saturated heterocycles. The van der Waals surface area contributed by atoms with E-state index in [1.54, 1.807) is 6.20 Å². The summed E-state index contributed by atoms with van der Waals surface area (Å²) in [6, 6.07) is 0. The second kappa shape index (κ2) is 5.59. The number of nitrogens with zero attached hydrogens (tertiary/aromatic N) is 4. The van der Waals surface area contributed by atoms with Gasteiger partial charge in [-0.05, 0) is 25.4 Å². The zero-order chi connectivity index (χ0) is 13.9. The molecule has 1 aliphatic rings. The Hall–Kier alpha value is -1.93. The molecule has 8 nitrogen and oxygen atoms in total. The quantitative estimate of drug-likeness (QED) is 0.462. The monoisotopic (exact) mass is 276 g/mol. The number of nitrogens with one attached hydrogen (secondary N) is 3. The molecule has 1 aliphatic heterocycles. The van der Waals surface area contributed by atoms with Crippen LogP contribution < -0.4 is 16.6 Å². The van der Waals surface area contributed by atoms with Crippen LogP contribution in [0.15, 0.2) is 6.20 Å². The fourth-order valence-corrected chi connectivity index (χ4v) is 2.64. The molecular formula is C12H20N8. The highest BCUT2D eigenvalue weighted by Gasteiger charge is 2.21. The summed E-state index contributed by atoms with van der Waals surface area (Å²) in [5.41, 5.74) is 3.15. The van der Waals surface area contributed by atoms with Gasteiger partial charge in [0.15, 0.2) is 5.65 Å². The highest BCUT2D eigenvalue weighted by Crippen LogP contribution is 2.21. The lowest BCUT2D eigenvalue weighted by atomic mass is 10.1. The zero-order valence-electron chi connectivity index (χ0n) is 11.6. The van der Waals surface area contributed by atoms with Crippen molar-refractivity contribution in [3.05, 3.63) is 6.20 Å². The van der Waals surface area contributed by atoms with E-state index in [0.717, 1.165) is 30.8 Å². The lowest BCUT2D eigenvalue weighted by Gasteiger charge is -2.14. The maximum absolute atomic E-state index is 5.39. The molecule has 1 fully saturated rings. The Morgan fingerprint density at radius 2 is 2.40 bits per heavy atom. The van der Waals surface area contributed by atoms with Gasteiger partial charge in [0.1, 0.15) is 5.82 Å². The van der Waals surface area contributed by atoms with Gasteiger partial charge in [0.2, 0.25) is 5.95 Å². The first-order valence-electron chi connectivity index (χ1n) is 6.94. The van der Waals surface area contributed by atoms with Crippen molar-refractivity contribution >= 4 is 22.8 Å². The molecule has 2 aromatic heterocycles. The summed E-state index contributed by atoms with van der Waals surface area (Å²) in [4.78, 5) is 11.0. The molecule has 8 heteroatoms.